The van der Waals surface area contributed by atoms with Crippen LogP contribution in [-0.4, -0.2) is 29.3 Å². The van der Waals surface area contributed by atoms with Crippen molar-refractivity contribution in [1.29, 1.82) is 5.26 Å². The molecule has 1 heterocycles. The molecule has 2 aromatic carbocycles. The van der Waals surface area contributed by atoms with Crippen LogP contribution in [0.5, 0.6) is 0 Å². The van der Waals surface area contributed by atoms with E-state index in [4.69, 9.17) is 15.2 Å². The summed E-state index contributed by atoms with van der Waals surface area (Å²) in [6.45, 7) is 0. The van der Waals surface area contributed by atoms with Crippen LogP contribution in [0, 0.1) is 11.3 Å². The van der Waals surface area contributed by atoms with Crippen molar-refractivity contribution in [3.05, 3.63) is 48.2 Å². The molecule has 0 aliphatic carbocycles. The van der Waals surface area contributed by atoms with Gasteiger partial charge in [0, 0.05) is 12.6 Å². The van der Waals surface area contributed by atoms with Gasteiger partial charge in [-0.3, -0.25) is 0 Å². The first-order valence-electron chi connectivity index (χ1n) is 7.15. The van der Waals surface area contributed by atoms with E-state index in [0.717, 1.165) is 21.0 Å². The van der Waals surface area contributed by atoms with Crippen LogP contribution in [-0.2, 0) is 4.79 Å². The zero-order valence-electron chi connectivity index (χ0n) is 13.3. The highest BCUT2D eigenvalue weighted by Crippen LogP contribution is 2.35. The van der Waals surface area contributed by atoms with Gasteiger partial charge in [0.2, 0.25) is 0 Å². The molecule has 0 aliphatic rings. The van der Waals surface area contributed by atoms with Crippen molar-refractivity contribution in [2.75, 3.05) is 12.4 Å². The number of rotatable bonds is 2. The Balaban J connectivity index is 0.000000298. The number of nitrogens with one attached hydrogen (secondary N) is 1. The molecule has 134 valence electrons. The van der Waals surface area contributed by atoms with Crippen LogP contribution >= 0.6 is 11.3 Å². The molecule has 2 N–H and O–H groups in total. The number of carboxylic acid groups (broad SMARTS) is 1. The number of hydrogen-bond donors (Lipinski definition) is 2. The zero-order chi connectivity index (χ0) is 19.3. The lowest BCUT2D eigenvalue weighted by atomic mass is 10.1. The molecule has 0 spiro atoms. The highest BCUT2D eigenvalue weighted by molar-refractivity contribution is 7.19. The van der Waals surface area contributed by atoms with Crippen molar-refractivity contribution in [1.82, 2.24) is 4.98 Å². The van der Waals surface area contributed by atoms with Gasteiger partial charge in [-0.2, -0.15) is 18.4 Å². The number of anilines is 1. The molecule has 0 aliphatic heterocycles. The number of nitrogens with zero attached hydrogens (tertiary/aromatic N) is 2. The number of benzene rings is 2. The standard InChI is InChI=1S/C15H11N3S.C2HF3O2/c1-17-15-13(9-16)18-14(19-15)12-8-4-6-10-5-2-3-7-11(10)12;3-2(4,5)1(6)7/h2-8,17H,1H3;(H,6,7). The number of aliphatic carboxylic acids is 1. The van der Waals surface area contributed by atoms with Crippen molar-refractivity contribution in [3.63, 3.8) is 0 Å². The number of carboxylic acids is 1. The summed E-state index contributed by atoms with van der Waals surface area (Å²) in [4.78, 5) is 13.3. The minimum Gasteiger partial charge on any atom is -0.475 e. The van der Waals surface area contributed by atoms with E-state index in [-0.39, 0.29) is 0 Å². The maximum Gasteiger partial charge on any atom is 0.490 e. The molecule has 0 unspecified atom stereocenters. The third-order valence-corrected chi connectivity index (χ3v) is 4.33. The normalized spacial score (nSPS) is 10.6. The number of hydrogen-bond acceptors (Lipinski definition) is 5. The van der Waals surface area contributed by atoms with E-state index in [1.54, 1.807) is 7.05 Å². The predicted octanol–water partition coefficient (Wildman–Crippen LogP) is 4.51. The molecular formula is C17H12F3N3O2S. The molecule has 0 bridgehead atoms. The van der Waals surface area contributed by atoms with Gasteiger partial charge in [0.25, 0.3) is 0 Å². The summed E-state index contributed by atoms with van der Waals surface area (Å²) in [7, 11) is 1.81. The van der Waals surface area contributed by atoms with Crippen molar-refractivity contribution in [3.8, 4) is 16.6 Å². The second-order valence-electron chi connectivity index (χ2n) is 4.89. The molecule has 5 nitrogen and oxygen atoms in total. The highest BCUT2D eigenvalue weighted by atomic mass is 32.1. The van der Waals surface area contributed by atoms with Gasteiger partial charge in [-0.05, 0) is 10.8 Å². The number of thiazole rings is 1. The first kappa shape index (κ1) is 19.2. The van der Waals surface area contributed by atoms with Gasteiger partial charge in [-0.15, -0.1) is 0 Å². The van der Waals surface area contributed by atoms with E-state index >= 15 is 0 Å². The Morgan fingerprint density at radius 1 is 1.23 bits per heavy atom. The number of carbonyl (C=O) groups is 1. The van der Waals surface area contributed by atoms with Crippen LogP contribution < -0.4 is 5.32 Å². The Labute approximate surface area is 150 Å². The number of aromatic nitrogens is 1. The van der Waals surface area contributed by atoms with Crippen LogP contribution in [0.3, 0.4) is 0 Å². The molecule has 9 heteroatoms. The number of alkyl halides is 3. The van der Waals surface area contributed by atoms with Crippen LogP contribution in [0.4, 0.5) is 18.2 Å². The van der Waals surface area contributed by atoms with Crippen LogP contribution in [0.2, 0.25) is 0 Å². The molecule has 0 amide bonds. The van der Waals surface area contributed by atoms with E-state index in [2.05, 4.69) is 34.6 Å². The van der Waals surface area contributed by atoms with Crippen LogP contribution in [0.15, 0.2) is 42.5 Å². The van der Waals surface area contributed by atoms with E-state index in [0.29, 0.717) is 5.69 Å². The quantitative estimate of drug-likeness (QED) is 0.684. The monoisotopic (exact) mass is 379 g/mol. The molecule has 0 radical (unpaired) electrons. The SMILES string of the molecule is CNc1sc(-c2cccc3ccccc23)nc1C#N.O=C(O)C(F)(F)F. The Hall–Kier alpha value is -3.12. The molecule has 0 atom stereocenters. The summed E-state index contributed by atoms with van der Waals surface area (Å²) in [5, 5.41) is 23.2. The Kier molecular flexibility index (Phi) is 5.79. The third kappa shape index (κ3) is 4.29. The molecule has 0 fully saturated rings. The van der Waals surface area contributed by atoms with Gasteiger partial charge < -0.3 is 10.4 Å². The fourth-order valence-electron chi connectivity index (χ4n) is 2.09. The van der Waals surface area contributed by atoms with Crippen molar-refractivity contribution >= 4 is 33.1 Å². The lowest BCUT2D eigenvalue weighted by Gasteiger charge is -2.02. The van der Waals surface area contributed by atoms with Gasteiger partial charge >= 0.3 is 12.1 Å². The summed E-state index contributed by atoms with van der Waals surface area (Å²) in [5.41, 5.74) is 1.52. The van der Waals surface area contributed by atoms with Crippen molar-refractivity contribution in [2.24, 2.45) is 0 Å². The maximum atomic E-state index is 10.6. The molecule has 26 heavy (non-hydrogen) atoms. The summed E-state index contributed by atoms with van der Waals surface area (Å²) < 4.78 is 31.7. The second-order valence-corrected chi connectivity index (χ2v) is 5.89. The summed E-state index contributed by atoms with van der Waals surface area (Å²) >= 11 is 1.51. The summed E-state index contributed by atoms with van der Waals surface area (Å²) in [6, 6.07) is 16.5. The smallest absolute Gasteiger partial charge is 0.475 e. The molecular weight excluding hydrogens is 367 g/mol. The van der Waals surface area contributed by atoms with E-state index < -0.39 is 12.1 Å². The minimum atomic E-state index is -5.08. The Morgan fingerprint density at radius 3 is 2.38 bits per heavy atom. The highest BCUT2D eigenvalue weighted by Gasteiger charge is 2.38. The van der Waals surface area contributed by atoms with Crippen LogP contribution in [0.25, 0.3) is 21.3 Å². The fourth-order valence-corrected chi connectivity index (χ4v) is 3.00. The third-order valence-electron chi connectivity index (χ3n) is 3.22. The topological polar surface area (TPSA) is 86.0 Å². The van der Waals surface area contributed by atoms with E-state index in [1.807, 2.05) is 24.3 Å². The van der Waals surface area contributed by atoms with Crippen molar-refractivity contribution < 1.29 is 23.1 Å². The Bertz CT molecular complexity index is 972. The summed E-state index contributed by atoms with van der Waals surface area (Å²) in [6.07, 6.45) is -5.08. The minimum absolute atomic E-state index is 0.454. The van der Waals surface area contributed by atoms with Gasteiger partial charge in [0.05, 0.1) is 0 Å². The van der Waals surface area contributed by atoms with Gasteiger partial charge in [0.1, 0.15) is 16.1 Å². The van der Waals surface area contributed by atoms with Crippen molar-refractivity contribution in [2.45, 2.75) is 6.18 Å². The average molecular weight is 379 g/mol. The second kappa shape index (κ2) is 7.84. The zero-order valence-corrected chi connectivity index (χ0v) is 14.1. The molecule has 3 rings (SSSR count). The number of nitriles is 1. The first-order valence-corrected chi connectivity index (χ1v) is 7.96. The van der Waals surface area contributed by atoms with Crippen LogP contribution in [0.1, 0.15) is 5.69 Å². The average Bonchev–Trinajstić information content (AvgIpc) is 3.04. The first-order chi connectivity index (χ1) is 12.3. The molecule has 0 saturated heterocycles. The largest absolute Gasteiger partial charge is 0.490 e. The van der Waals surface area contributed by atoms with E-state index in [9.17, 15) is 13.2 Å². The van der Waals surface area contributed by atoms with Gasteiger partial charge in [-0.25, -0.2) is 9.78 Å². The summed E-state index contributed by atoms with van der Waals surface area (Å²) in [5.74, 6) is -2.76. The predicted molar refractivity (Wildman–Crippen MR) is 93.0 cm³/mol. The lowest BCUT2D eigenvalue weighted by Crippen LogP contribution is -2.21. The molecule has 1 aromatic heterocycles. The molecule has 0 saturated carbocycles. The maximum absolute atomic E-state index is 10.6. The Morgan fingerprint density at radius 2 is 1.85 bits per heavy atom. The number of fused-ring (bicyclic) bond motifs is 1. The van der Waals surface area contributed by atoms with Gasteiger partial charge in [-0.1, -0.05) is 53.8 Å². The number of halogens is 3. The fraction of sp³-hybridized carbons (Fsp3) is 0.118. The lowest BCUT2D eigenvalue weighted by molar-refractivity contribution is -0.192. The van der Waals surface area contributed by atoms with E-state index in [1.165, 1.54) is 16.7 Å². The van der Waals surface area contributed by atoms with Gasteiger partial charge in [0.15, 0.2) is 5.69 Å². The molecule has 3 aromatic rings.